The van der Waals surface area contributed by atoms with Gasteiger partial charge in [-0.25, -0.2) is 9.78 Å². The summed E-state index contributed by atoms with van der Waals surface area (Å²) in [5.41, 5.74) is 1.03. The van der Waals surface area contributed by atoms with Crippen LogP contribution >= 0.6 is 0 Å². The highest BCUT2D eigenvalue weighted by Crippen LogP contribution is 2.23. The van der Waals surface area contributed by atoms with Crippen molar-refractivity contribution in [1.82, 2.24) is 4.98 Å². The first-order valence-corrected chi connectivity index (χ1v) is 7.44. The monoisotopic (exact) mass is 285 g/mol. The molecule has 110 valence electrons. The number of carboxylic acids is 1. The van der Waals surface area contributed by atoms with Crippen LogP contribution in [0.25, 0.3) is 10.8 Å². The molecule has 1 saturated heterocycles. The van der Waals surface area contributed by atoms with Crippen LogP contribution in [0.1, 0.15) is 35.4 Å². The molecule has 0 radical (unpaired) electrons. The Kier molecular flexibility index (Phi) is 4.15. The van der Waals surface area contributed by atoms with Crippen LogP contribution in [0.5, 0.6) is 0 Å². The van der Waals surface area contributed by atoms with Gasteiger partial charge < -0.3 is 9.84 Å². The minimum atomic E-state index is -0.959. The van der Waals surface area contributed by atoms with E-state index >= 15 is 0 Å². The second kappa shape index (κ2) is 6.22. The van der Waals surface area contributed by atoms with Gasteiger partial charge in [0.2, 0.25) is 0 Å². The minimum Gasteiger partial charge on any atom is -0.476 e. The third-order valence-corrected chi connectivity index (χ3v) is 4.15. The molecule has 1 fully saturated rings. The number of pyridine rings is 1. The van der Waals surface area contributed by atoms with E-state index < -0.39 is 5.97 Å². The molecule has 4 nitrogen and oxygen atoms in total. The molecule has 1 aromatic carbocycles. The highest BCUT2D eigenvalue weighted by atomic mass is 16.5. The number of fused-ring (bicyclic) bond motifs is 1. The lowest BCUT2D eigenvalue weighted by Crippen LogP contribution is -2.16. The Balaban J connectivity index is 1.83. The third kappa shape index (κ3) is 3.22. The van der Waals surface area contributed by atoms with Gasteiger partial charge in [0.05, 0.1) is 0 Å². The van der Waals surface area contributed by atoms with E-state index in [2.05, 4.69) is 4.98 Å². The standard InChI is InChI=1S/C17H19NO3/c19-17(20)16-15-4-2-1-3-13(15)11-14(18-16)6-5-12-7-9-21-10-8-12/h1-4,11-12H,5-10H2,(H,19,20). The summed E-state index contributed by atoms with van der Waals surface area (Å²) < 4.78 is 5.37. The van der Waals surface area contributed by atoms with Crippen molar-refractivity contribution in [2.45, 2.75) is 25.7 Å². The zero-order valence-electron chi connectivity index (χ0n) is 11.9. The van der Waals surface area contributed by atoms with Crippen molar-refractivity contribution in [2.75, 3.05) is 13.2 Å². The smallest absolute Gasteiger partial charge is 0.355 e. The minimum absolute atomic E-state index is 0.162. The van der Waals surface area contributed by atoms with E-state index in [9.17, 15) is 9.90 Å². The number of benzene rings is 1. The molecule has 1 N–H and O–H groups in total. The number of nitrogens with zero attached hydrogens (tertiary/aromatic N) is 1. The number of rotatable bonds is 4. The number of hydrogen-bond acceptors (Lipinski definition) is 3. The van der Waals surface area contributed by atoms with E-state index in [0.717, 1.165) is 50.0 Å². The summed E-state index contributed by atoms with van der Waals surface area (Å²) in [6, 6.07) is 9.55. The van der Waals surface area contributed by atoms with Gasteiger partial charge in [0.15, 0.2) is 5.69 Å². The van der Waals surface area contributed by atoms with E-state index in [-0.39, 0.29) is 5.69 Å². The quantitative estimate of drug-likeness (QED) is 0.936. The molecule has 3 rings (SSSR count). The number of aromatic nitrogens is 1. The average molecular weight is 285 g/mol. The van der Waals surface area contributed by atoms with Gasteiger partial charge in [-0.2, -0.15) is 0 Å². The molecule has 0 spiro atoms. The van der Waals surface area contributed by atoms with Gasteiger partial charge in [-0.05, 0) is 43.1 Å². The maximum atomic E-state index is 11.4. The van der Waals surface area contributed by atoms with Crippen LogP contribution in [0.3, 0.4) is 0 Å². The molecule has 0 unspecified atom stereocenters. The van der Waals surface area contributed by atoms with E-state index in [1.807, 2.05) is 30.3 Å². The third-order valence-electron chi connectivity index (χ3n) is 4.15. The molecule has 0 saturated carbocycles. The van der Waals surface area contributed by atoms with Crippen molar-refractivity contribution in [3.63, 3.8) is 0 Å². The molecule has 1 aliphatic rings. The van der Waals surface area contributed by atoms with Crippen LogP contribution in [0.4, 0.5) is 0 Å². The molecule has 21 heavy (non-hydrogen) atoms. The summed E-state index contributed by atoms with van der Waals surface area (Å²) >= 11 is 0. The number of hydrogen-bond donors (Lipinski definition) is 1. The first kappa shape index (κ1) is 14.0. The Labute approximate surface area is 123 Å². The van der Waals surface area contributed by atoms with Crippen molar-refractivity contribution in [1.29, 1.82) is 0 Å². The fourth-order valence-corrected chi connectivity index (χ4v) is 2.93. The first-order chi connectivity index (χ1) is 10.2. The highest BCUT2D eigenvalue weighted by molar-refractivity contribution is 6.01. The summed E-state index contributed by atoms with van der Waals surface area (Å²) in [5.74, 6) is -0.292. The highest BCUT2D eigenvalue weighted by Gasteiger charge is 2.16. The van der Waals surface area contributed by atoms with Gasteiger partial charge in [-0.15, -0.1) is 0 Å². The zero-order chi connectivity index (χ0) is 14.7. The Morgan fingerprint density at radius 2 is 2.05 bits per heavy atom. The van der Waals surface area contributed by atoms with Gasteiger partial charge in [0, 0.05) is 24.3 Å². The zero-order valence-corrected chi connectivity index (χ0v) is 11.9. The molecule has 4 heteroatoms. The lowest BCUT2D eigenvalue weighted by Gasteiger charge is -2.21. The second-order valence-electron chi connectivity index (χ2n) is 5.58. The molecule has 2 heterocycles. The Bertz CT molecular complexity index is 648. The molecule has 0 amide bonds. The molecule has 2 aromatic rings. The lowest BCUT2D eigenvalue weighted by atomic mass is 9.93. The number of aryl methyl sites for hydroxylation is 1. The van der Waals surface area contributed by atoms with Crippen LogP contribution < -0.4 is 0 Å². The summed E-state index contributed by atoms with van der Waals surface area (Å²) in [4.78, 5) is 15.7. The second-order valence-corrected chi connectivity index (χ2v) is 5.58. The fraction of sp³-hybridized carbons (Fsp3) is 0.412. The molecule has 1 aliphatic heterocycles. The first-order valence-electron chi connectivity index (χ1n) is 7.44. The molecule has 0 bridgehead atoms. The number of carbonyl (C=O) groups is 1. The summed E-state index contributed by atoms with van der Waals surface area (Å²) in [6.45, 7) is 1.69. The molecule has 0 atom stereocenters. The van der Waals surface area contributed by atoms with Crippen LogP contribution in [-0.2, 0) is 11.2 Å². The average Bonchev–Trinajstić information content (AvgIpc) is 2.53. The van der Waals surface area contributed by atoms with E-state index in [0.29, 0.717) is 11.3 Å². The predicted molar refractivity (Wildman–Crippen MR) is 80.6 cm³/mol. The summed E-state index contributed by atoms with van der Waals surface area (Å²) in [5, 5.41) is 11.0. The normalized spacial score (nSPS) is 16.2. The predicted octanol–water partition coefficient (Wildman–Crippen LogP) is 3.29. The van der Waals surface area contributed by atoms with Gasteiger partial charge in [-0.3, -0.25) is 0 Å². The van der Waals surface area contributed by atoms with Crippen LogP contribution in [0.15, 0.2) is 30.3 Å². The maximum Gasteiger partial charge on any atom is 0.355 e. The van der Waals surface area contributed by atoms with Crippen LogP contribution in [0, 0.1) is 5.92 Å². The van der Waals surface area contributed by atoms with Crippen molar-refractivity contribution in [2.24, 2.45) is 5.92 Å². The lowest BCUT2D eigenvalue weighted by molar-refractivity contribution is 0.0639. The number of ether oxygens (including phenoxy) is 1. The van der Waals surface area contributed by atoms with Crippen molar-refractivity contribution in [3.8, 4) is 0 Å². The van der Waals surface area contributed by atoms with Gasteiger partial charge >= 0.3 is 5.97 Å². The Hall–Kier alpha value is -1.94. The van der Waals surface area contributed by atoms with Crippen LogP contribution in [0.2, 0.25) is 0 Å². The topological polar surface area (TPSA) is 59.4 Å². The Morgan fingerprint density at radius 3 is 2.81 bits per heavy atom. The van der Waals surface area contributed by atoms with Gasteiger partial charge in [0.1, 0.15) is 0 Å². The van der Waals surface area contributed by atoms with Crippen molar-refractivity contribution < 1.29 is 14.6 Å². The van der Waals surface area contributed by atoms with Crippen LogP contribution in [-0.4, -0.2) is 29.3 Å². The molecule has 1 aromatic heterocycles. The SMILES string of the molecule is O=C(O)c1nc(CCC2CCOCC2)cc2ccccc12. The number of carboxylic acid groups (broad SMARTS) is 1. The van der Waals surface area contributed by atoms with E-state index in [1.54, 1.807) is 0 Å². The van der Waals surface area contributed by atoms with Gasteiger partial charge in [-0.1, -0.05) is 24.3 Å². The maximum absolute atomic E-state index is 11.4. The summed E-state index contributed by atoms with van der Waals surface area (Å²) in [7, 11) is 0. The van der Waals surface area contributed by atoms with Gasteiger partial charge in [0.25, 0.3) is 0 Å². The molecular weight excluding hydrogens is 266 g/mol. The van der Waals surface area contributed by atoms with Crippen molar-refractivity contribution >= 4 is 16.7 Å². The largest absolute Gasteiger partial charge is 0.476 e. The number of aromatic carboxylic acids is 1. The van der Waals surface area contributed by atoms with E-state index in [1.165, 1.54) is 0 Å². The Morgan fingerprint density at radius 1 is 1.29 bits per heavy atom. The van der Waals surface area contributed by atoms with Crippen molar-refractivity contribution in [3.05, 3.63) is 41.7 Å². The molecule has 0 aliphatic carbocycles. The summed E-state index contributed by atoms with van der Waals surface area (Å²) in [6.07, 6.45) is 4.07. The molecular formula is C17H19NO3. The fourth-order valence-electron chi connectivity index (χ4n) is 2.93. The van der Waals surface area contributed by atoms with E-state index in [4.69, 9.17) is 4.74 Å².